The number of carbonyl (C=O) groups excluding carboxylic acids is 1. The first kappa shape index (κ1) is 32.5. The SMILES string of the molecule is C1CO1.C=Nc1c(Nc2ccccc2SC)cc(C2CC2C)nc1N(CC(F)F)PI.CC.NC=O. The number of primary amides is 1. The molecule has 3 unspecified atom stereocenters. The zero-order valence-electron chi connectivity index (χ0n) is 21.0. The van der Waals surface area contributed by atoms with Crippen LogP contribution in [0.1, 0.15) is 38.8 Å². The van der Waals surface area contributed by atoms with Crippen LogP contribution in [0.2, 0.25) is 0 Å². The van der Waals surface area contributed by atoms with E-state index in [9.17, 15) is 8.78 Å². The van der Waals surface area contributed by atoms with Gasteiger partial charge in [-0.1, -0.05) is 32.9 Å². The van der Waals surface area contributed by atoms with Gasteiger partial charge in [-0.2, -0.15) is 0 Å². The van der Waals surface area contributed by atoms with Gasteiger partial charge in [0.1, 0.15) is 5.69 Å². The highest BCUT2D eigenvalue weighted by Gasteiger charge is 2.36. The molecule has 0 spiro atoms. The minimum absolute atomic E-state index is 0.126. The minimum atomic E-state index is -2.45. The van der Waals surface area contributed by atoms with E-state index < -0.39 is 6.43 Å². The molecule has 1 aliphatic heterocycles. The first-order chi connectivity index (χ1) is 17.4. The topological polar surface area (TPSA) is 96.1 Å². The van der Waals surface area contributed by atoms with Crippen molar-refractivity contribution in [3.05, 3.63) is 36.0 Å². The van der Waals surface area contributed by atoms with E-state index in [0.29, 0.717) is 23.3 Å². The molecule has 36 heavy (non-hydrogen) atoms. The zero-order chi connectivity index (χ0) is 27.1. The summed E-state index contributed by atoms with van der Waals surface area (Å²) in [6.07, 6.45) is 1.01. The van der Waals surface area contributed by atoms with Crippen LogP contribution in [0.3, 0.4) is 0 Å². The molecule has 2 aliphatic rings. The maximum Gasteiger partial charge on any atom is 0.256 e. The molecule has 1 aliphatic carbocycles. The summed E-state index contributed by atoms with van der Waals surface area (Å²) in [5, 5.41) is 3.45. The van der Waals surface area contributed by atoms with Crippen molar-refractivity contribution >= 4 is 76.2 Å². The second kappa shape index (κ2) is 17.8. The molecule has 1 aromatic heterocycles. The first-order valence-corrected chi connectivity index (χ1v) is 16.7. The Labute approximate surface area is 231 Å². The molecular weight excluding hydrogens is 618 g/mol. The van der Waals surface area contributed by atoms with E-state index in [2.05, 4.69) is 56.5 Å². The van der Waals surface area contributed by atoms with Gasteiger partial charge in [0.25, 0.3) is 6.43 Å². The van der Waals surface area contributed by atoms with Crippen molar-refractivity contribution < 1.29 is 18.3 Å². The quantitative estimate of drug-likeness (QED) is 0.0745. The van der Waals surface area contributed by atoms with Crippen LogP contribution in [0.15, 0.2) is 40.2 Å². The number of nitrogens with two attached hydrogens (primary N) is 1. The van der Waals surface area contributed by atoms with Crippen LogP contribution >= 0.6 is 40.2 Å². The third-order valence-electron chi connectivity index (χ3n) is 4.90. The van der Waals surface area contributed by atoms with Crippen molar-refractivity contribution in [2.75, 3.05) is 36.0 Å². The number of halogens is 3. The Balaban J connectivity index is 0.000000708. The number of aliphatic imine (C=N–C) groups is 1. The van der Waals surface area contributed by atoms with Crippen LogP contribution in [0.5, 0.6) is 0 Å². The fraction of sp³-hybridized carbons (Fsp3) is 0.458. The van der Waals surface area contributed by atoms with E-state index in [1.54, 1.807) is 16.4 Å². The van der Waals surface area contributed by atoms with Crippen LogP contribution < -0.4 is 15.7 Å². The molecule has 200 valence electrons. The summed E-state index contributed by atoms with van der Waals surface area (Å²) in [7, 11) is 0. The number of alkyl halides is 2. The third-order valence-corrected chi connectivity index (χ3v) is 8.04. The van der Waals surface area contributed by atoms with Gasteiger partial charge in [0.05, 0.1) is 31.1 Å². The van der Waals surface area contributed by atoms with E-state index in [0.717, 1.165) is 41.6 Å². The van der Waals surface area contributed by atoms with Gasteiger partial charge in [-0.15, -0.1) is 11.8 Å². The molecule has 12 heteroatoms. The molecule has 0 radical (unpaired) electrons. The molecule has 1 amide bonds. The highest BCUT2D eigenvalue weighted by Crippen LogP contribution is 2.50. The number of ether oxygens (including phenoxy) is 1. The van der Waals surface area contributed by atoms with E-state index in [4.69, 9.17) is 9.78 Å². The summed E-state index contributed by atoms with van der Waals surface area (Å²) in [5.41, 5.74) is 7.31. The lowest BCUT2D eigenvalue weighted by atomic mass is 10.1. The van der Waals surface area contributed by atoms with E-state index in [1.807, 2.05) is 50.4 Å². The Morgan fingerprint density at radius 2 is 1.97 bits per heavy atom. The number of epoxide rings is 1. The van der Waals surface area contributed by atoms with Crippen molar-refractivity contribution in [2.45, 2.75) is 44.4 Å². The van der Waals surface area contributed by atoms with Crippen molar-refractivity contribution in [3.8, 4) is 0 Å². The highest BCUT2D eigenvalue weighted by molar-refractivity contribution is 14.2. The number of pyridine rings is 1. The monoisotopic (exact) mass is 653 g/mol. The van der Waals surface area contributed by atoms with Crippen LogP contribution in [-0.2, 0) is 9.53 Å². The fourth-order valence-corrected chi connectivity index (χ4v) is 5.37. The van der Waals surface area contributed by atoms with Gasteiger partial charge >= 0.3 is 0 Å². The minimum Gasteiger partial charge on any atom is -0.377 e. The van der Waals surface area contributed by atoms with Crippen molar-refractivity contribution in [1.82, 2.24) is 4.98 Å². The molecule has 7 nitrogen and oxygen atoms in total. The average molecular weight is 654 g/mol. The molecule has 1 saturated carbocycles. The number of rotatable bonds is 9. The van der Waals surface area contributed by atoms with E-state index in [-0.39, 0.29) is 19.3 Å². The average Bonchev–Trinajstić information content (AvgIpc) is 3.81. The predicted molar refractivity (Wildman–Crippen MR) is 160 cm³/mol. The maximum absolute atomic E-state index is 13.1. The lowest BCUT2D eigenvalue weighted by Crippen LogP contribution is -2.21. The largest absolute Gasteiger partial charge is 0.377 e. The first-order valence-electron chi connectivity index (χ1n) is 11.5. The van der Waals surface area contributed by atoms with Gasteiger partial charge in [-0.25, -0.2) is 13.8 Å². The molecule has 3 N–H and O–H groups in total. The van der Waals surface area contributed by atoms with E-state index in [1.165, 1.54) is 0 Å². The number of amides is 1. The summed E-state index contributed by atoms with van der Waals surface area (Å²) in [6.45, 7) is 11.5. The molecule has 2 heterocycles. The number of benzene rings is 1. The van der Waals surface area contributed by atoms with Crippen molar-refractivity contribution in [3.63, 3.8) is 0 Å². The second-order valence-electron chi connectivity index (χ2n) is 7.40. The summed E-state index contributed by atoms with van der Waals surface area (Å²) in [6, 6.07) is 9.98. The molecule has 1 saturated heterocycles. The van der Waals surface area contributed by atoms with Crippen LogP contribution in [0.25, 0.3) is 0 Å². The van der Waals surface area contributed by atoms with Crippen LogP contribution in [0, 0.1) is 5.92 Å². The maximum atomic E-state index is 13.1. The van der Waals surface area contributed by atoms with Gasteiger partial charge < -0.3 is 20.5 Å². The number of thioether (sulfide) groups is 1. The Hall–Kier alpha value is -1.56. The number of nitrogens with one attached hydrogen (secondary N) is 1. The van der Waals surface area contributed by atoms with E-state index >= 15 is 0 Å². The van der Waals surface area contributed by atoms with Gasteiger partial charge in [0.15, 0.2) is 5.82 Å². The second-order valence-corrected chi connectivity index (χ2v) is 10.4. The molecule has 1 aromatic carbocycles. The zero-order valence-corrected chi connectivity index (χ0v) is 25.0. The highest BCUT2D eigenvalue weighted by atomic mass is 127. The molecule has 0 bridgehead atoms. The van der Waals surface area contributed by atoms with Gasteiger partial charge in [0.2, 0.25) is 6.41 Å². The van der Waals surface area contributed by atoms with Gasteiger partial charge in [-0.05, 0) is 65.6 Å². The summed E-state index contributed by atoms with van der Waals surface area (Å²) in [5.74, 6) is 1.39. The normalized spacial score (nSPS) is 17.0. The van der Waals surface area contributed by atoms with Crippen molar-refractivity contribution in [1.29, 1.82) is 0 Å². The number of hydrogen-bond donors (Lipinski definition) is 2. The third kappa shape index (κ3) is 10.8. The van der Waals surface area contributed by atoms with Gasteiger partial charge in [-0.3, -0.25) is 9.79 Å². The molecule has 3 atom stereocenters. The Morgan fingerprint density at radius 3 is 2.42 bits per heavy atom. The lowest BCUT2D eigenvalue weighted by molar-refractivity contribution is -0.106. The van der Waals surface area contributed by atoms with Crippen LogP contribution in [0.4, 0.5) is 31.7 Å². The number of nitrogens with zero attached hydrogens (tertiary/aromatic N) is 3. The smallest absolute Gasteiger partial charge is 0.256 e. The summed E-state index contributed by atoms with van der Waals surface area (Å²) >= 11 is 3.75. The fourth-order valence-electron chi connectivity index (χ4n) is 3.10. The molecule has 2 fully saturated rings. The standard InChI is InChI=1S/C19H22F2IN4PS.C2H4O.C2H6.CH3NO/c1-11-8-12(11)14-9-15(24-13-6-4-5-7-16(13)28-3)18(23-2)19(25-14)26(27-22)10-17(20)21;1-2-3-1;1-2;2-1-3/h4-7,9,11-12,17,27H,2,8,10H2,1,3H3,(H,24,25);1-2H2;1-2H3;1H,(H2,2,3). The van der Waals surface area contributed by atoms with Gasteiger partial charge in [0, 0.05) is 22.9 Å². The Bertz CT molecular complexity index is 956. The lowest BCUT2D eigenvalue weighted by Gasteiger charge is -2.24. The number of para-hydroxylation sites is 1. The predicted octanol–water partition coefficient (Wildman–Crippen LogP) is 7.16. The summed E-state index contributed by atoms with van der Waals surface area (Å²) < 4.78 is 32.4. The number of aromatic nitrogens is 1. The number of anilines is 3. The number of carbonyl (C=O) groups is 1. The Kier molecular flexibility index (Phi) is 16.1. The number of hydrogen-bond acceptors (Lipinski definition) is 7. The Morgan fingerprint density at radius 1 is 1.39 bits per heavy atom. The molecule has 4 rings (SSSR count). The van der Waals surface area contributed by atoms with Crippen molar-refractivity contribution in [2.24, 2.45) is 16.6 Å². The summed E-state index contributed by atoms with van der Waals surface area (Å²) in [4.78, 5) is 18.6. The molecular formula is C24H35F2IN5O2PS. The molecule has 2 aromatic rings. The van der Waals surface area contributed by atoms with Crippen LogP contribution in [-0.4, -0.2) is 50.6 Å².